The Morgan fingerprint density at radius 1 is 1.20 bits per heavy atom. The van der Waals surface area contributed by atoms with Gasteiger partial charge in [-0.1, -0.05) is 0 Å². The van der Waals surface area contributed by atoms with Crippen molar-refractivity contribution in [3.8, 4) is 11.4 Å². The highest BCUT2D eigenvalue weighted by molar-refractivity contribution is 7.90. The van der Waals surface area contributed by atoms with Crippen LogP contribution in [0.2, 0.25) is 0 Å². The summed E-state index contributed by atoms with van der Waals surface area (Å²) in [6, 6.07) is 8.38. The lowest BCUT2D eigenvalue weighted by atomic mass is 10.2. The van der Waals surface area contributed by atoms with Crippen LogP contribution >= 0.6 is 0 Å². The van der Waals surface area contributed by atoms with Crippen molar-refractivity contribution in [2.45, 2.75) is 24.9 Å². The van der Waals surface area contributed by atoms with E-state index in [4.69, 9.17) is 9.72 Å². The first kappa shape index (κ1) is 20.5. The van der Waals surface area contributed by atoms with Crippen LogP contribution < -0.4 is 10.2 Å². The number of ether oxygens (including phenoxy) is 1. The molecule has 3 heterocycles. The average Bonchev–Trinajstić information content (AvgIpc) is 2.95. The first-order chi connectivity index (χ1) is 14.3. The fraction of sp³-hybridized carbons (Fsp3) is 0.474. The number of morpholine rings is 1. The Labute approximate surface area is 174 Å². The molecule has 160 valence electrons. The van der Waals surface area contributed by atoms with Crippen molar-refractivity contribution in [1.29, 1.82) is 0 Å². The smallest absolute Gasteiger partial charge is 0.269 e. The lowest BCUT2D eigenvalue weighted by molar-refractivity contribution is -0.384. The highest BCUT2D eigenvalue weighted by atomic mass is 32.2. The van der Waals surface area contributed by atoms with Gasteiger partial charge in [-0.2, -0.15) is 0 Å². The largest absolute Gasteiger partial charge is 0.377 e. The van der Waals surface area contributed by atoms with Gasteiger partial charge in [0, 0.05) is 36.6 Å². The normalized spacial score (nSPS) is 20.9. The van der Waals surface area contributed by atoms with Crippen molar-refractivity contribution < 1.29 is 18.1 Å². The lowest BCUT2D eigenvalue weighted by Gasteiger charge is -2.35. The topological polar surface area (TPSA) is 128 Å². The third-order valence-electron chi connectivity index (χ3n) is 5.33. The third kappa shape index (κ3) is 4.51. The number of anilines is 2. The van der Waals surface area contributed by atoms with Gasteiger partial charge >= 0.3 is 0 Å². The van der Waals surface area contributed by atoms with Gasteiger partial charge in [-0.25, -0.2) is 18.4 Å². The number of nitro benzene ring substituents is 1. The molecule has 0 spiro atoms. The van der Waals surface area contributed by atoms with Gasteiger partial charge in [-0.3, -0.25) is 10.1 Å². The van der Waals surface area contributed by atoms with Crippen LogP contribution in [0.4, 0.5) is 17.3 Å². The molecule has 2 aliphatic rings. The molecule has 4 rings (SSSR count). The standard InChI is InChI=1S/C19H23N5O5S/c1-30(27,28)9-8-20-17-10-18(23-15-6-7-16(23)12-29-11-15)22-19(21-17)13-2-4-14(5-3-13)24(25)26/h2-5,10,15-16H,6-9,11-12H2,1H3,(H,20,21,22). The van der Waals surface area contributed by atoms with E-state index >= 15 is 0 Å². The van der Waals surface area contributed by atoms with E-state index in [1.165, 1.54) is 18.4 Å². The summed E-state index contributed by atoms with van der Waals surface area (Å²) in [5.41, 5.74) is 0.641. The SMILES string of the molecule is CS(=O)(=O)CCNc1cc(N2C3CCC2COC3)nc(-c2ccc([N+](=O)[O-])cc2)n1. The van der Waals surface area contributed by atoms with Gasteiger partial charge in [0.15, 0.2) is 5.82 Å². The molecule has 2 saturated heterocycles. The molecule has 1 aromatic heterocycles. The number of nitrogens with one attached hydrogen (secondary N) is 1. The molecule has 0 amide bonds. The number of hydrogen-bond donors (Lipinski definition) is 1. The molecule has 1 aromatic carbocycles. The summed E-state index contributed by atoms with van der Waals surface area (Å²) in [7, 11) is -3.10. The van der Waals surface area contributed by atoms with Crippen LogP contribution in [0.3, 0.4) is 0 Å². The molecular formula is C19H23N5O5S. The van der Waals surface area contributed by atoms with E-state index in [9.17, 15) is 18.5 Å². The van der Waals surface area contributed by atoms with Crippen LogP contribution in [0, 0.1) is 10.1 Å². The third-order valence-corrected chi connectivity index (χ3v) is 6.28. The minimum atomic E-state index is -3.10. The molecule has 2 atom stereocenters. The van der Waals surface area contributed by atoms with E-state index in [1.54, 1.807) is 12.1 Å². The van der Waals surface area contributed by atoms with Gasteiger partial charge in [0.1, 0.15) is 21.5 Å². The van der Waals surface area contributed by atoms with Crippen molar-refractivity contribution in [3.63, 3.8) is 0 Å². The van der Waals surface area contributed by atoms with Gasteiger partial charge in [0.05, 0.1) is 36.0 Å². The van der Waals surface area contributed by atoms with Gasteiger partial charge < -0.3 is 15.0 Å². The number of nitro groups is 1. The van der Waals surface area contributed by atoms with Crippen LogP contribution in [0.25, 0.3) is 11.4 Å². The predicted molar refractivity (Wildman–Crippen MR) is 112 cm³/mol. The van der Waals surface area contributed by atoms with Crippen molar-refractivity contribution >= 4 is 27.2 Å². The maximum absolute atomic E-state index is 11.5. The molecule has 30 heavy (non-hydrogen) atoms. The molecule has 2 unspecified atom stereocenters. The van der Waals surface area contributed by atoms with E-state index in [2.05, 4.69) is 15.2 Å². The van der Waals surface area contributed by atoms with Gasteiger partial charge in [0.2, 0.25) is 0 Å². The summed E-state index contributed by atoms with van der Waals surface area (Å²) < 4.78 is 28.6. The molecule has 1 N–H and O–H groups in total. The summed E-state index contributed by atoms with van der Waals surface area (Å²) in [5, 5.41) is 14.0. The highest BCUT2D eigenvalue weighted by Gasteiger charge is 2.38. The number of benzene rings is 1. The number of hydrogen-bond acceptors (Lipinski definition) is 9. The number of rotatable bonds is 7. The van der Waals surface area contributed by atoms with Gasteiger partial charge in [0.25, 0.3) is 5.69 Å². The first-order valence-corrected chi connectivity index (χ1v) is 11.8. The summed E-state index contributed by atoms with van der Waals surface area (Å²) in [6.45, 7) is 1.51. The summed E-state index contributed by atoms with van der Waals surface area (Å²) >= 11 is 0. The summed E-state index contributed by atoms with van der Waals surface area (Å²) in [4.78, 5) is 22.0. The van der Waals surface area contributed by atoms with Crippen LogP contribution in [0.15, 0.2) is 30.3 Å². The van der Waals surface area contributed by atoms with Crippen LogP contribution in [0.1, 0.15) is 12.8 Å². The molecule has 2 aliphatic heterocycles. The molecule has 2 fully saturated rings. The molecule has 0 saturated carbocycles. The Hall–Kier alpha value is -2.79. The number of nitrogens with zero attached hydrogens (tertiary/aromatic N) is 4. The van der Waals surface area contributed by atoms with E-state index in [0.29, 0.717) is 30.4 Å². The molecule has 11 heteroatoms. The number of non-ortho nitro benzene ring substituents is 1. The zero-order valence-corrected chi connectivity index (χ0v) is 17.3. The monoisotopic (exact) mass is 433 g/mol. The highest BCUT2D eigenvalue weighted by Crippen LogP contribution is 2.34. The number of fused-ring (bicyclic) bond motifs is 2. The zero-order valence-electron chi connectivity index (χ0n) is 16.5. The minimum Gasteiger partial charge on any atom is -0.377 e. The Bertz CT molecular complexity index is 1030. The molecule has 2 bridgehead atoms. The lowest BCUT2D eigenvalue weighted by Crippen LogP contribution is -2.46. The molecule has 0 aliphatic carbocycles. The van der Waals surface area contributed by atoms with Crippen molar-refractivity contribution in [3.05, 3.63) is 40.4 Å². The second-order valence-corrected chi connectivity index (χ2v) is 9.89. The molecule has 0 radical (unpaired) electrons. The van der Waals surface area contributed by atoms with Crippen LogP contribution in [0.5, 0.6) is 0 Å². The number of sulfone groups is 1. The maximum atomic E-state index is 11.5. The summed E-state index contributed by atoms with van der Waals surface area (Å²) in [5.74, 6) is 1.68. The fourth-order valence-electron chi connectivity index (χ4n) is 3.89. The Morgan fingerprint density at radius 3 is 2.47 bits per heavy atom. The molecule has 2 aromatic rings. The maximum Gasteiger partial charge on any atom is 0.269 e. The van der Waals surface area contributed by atoms with Crippen LogP contribution in [-0.4, -0.2) is 67.2 Å². The van der Waals surface area contributed by atoms with Gasteiger partial charge in [-0.15, -0.1) is 0 Å². The van der Waals surface area contributed by atoms with Crippen molar-refractivity contribution in [2.24, 2.45) is 0 Å². The van der Waals surface area contributed by atoms with Gasteiger partial charge in [-0.05, 0) is 25.0 Å². The van der Waals surface area contributed by atoms with E-state index in [0.717, 1.165) is 18.7 Å². The molecule has 10 nitrogen and oxygen atoms in total. The van der Waals surface area contributed by atoms with Crippen LogP contribution in [-0.2, 0) is 14.6 Å². The first-order valence-electron chi connectivity index (χ1n) is 9.72. The molecular weight excluding hydrogens is 410 g/mol. The zero-order chi connectivity index (χ0) is 21.3. The number of aromatic nitrogens is 2. The Morgan fingerprint density at radius 2 is 1.87 bits per heavy atom. The van der Waals surface area contributed by atoms with E-state index < -0.39 is 14.8 Å². The average molecular weight is 433 g/mol. The fourth-order valence-corrected chi connectivity index (χ4v) is 4.36. The quantitative estimate of drug-likeness (QED) is 0.514. The second kappa shape index (κ2) is 8.15. The van der Waals surface area contributed by atoms with E-state index in [1.807, 2.05) is 6.07 Å². The predicted octanol–water partition coefficient (Wildman–Crippen LogP) is 1.88. The van der Waals surface area contributed by atoms with E-state index in [-0.39, 0.29) is 30.1 Å². The van der Waals surface area contributed by atoms with Crippen molar-refractivity contribution in [1.82, 2.24) is 9.97 Å². The second-order valence-electron chi connectivity index (χ2n) is 7.63. The Kier molecular flexibility index (Phi) is 5.56. The Balaban J connectivity index is 1.67. The van der Waals surface area contributed by atoms with Crippen molar-refractivity contribution in [2.75, 3.05) is 42.0 Å². The minimum absolute atomic E-state index is 0.00682. The summed E-state index contributed by atoms with van der Waals surface area (Å²) in [6.07, 6.45) is 3.24.